The molecule has 20 heavy (non-hydrogen) atoms. The van der Waals surface area contributed by atoms with Gasteiger partial charge in [0.05, 0.1) is 11.1 Å². The Hall–Kier alpha value is -2.06. The number of hydrogen-bond donors (Lipinski definition) is 2. The van der Waals surface area contributed by atoms with Crippen molar-refractivity contribution in [3.63, 3.8) is 0 Å². The molecule has 0 aliphatic rings. The Morgan fingerprint density at radius 1 is 1.60 bits per heavy atom. The Bertz CT molecular complexity index is 687. The number of terminal acetylenes is 1. The molecule has 5 heteroatoms. The first-order chi connectivity index (χ1) is 9.58. The first-order valence-electron chi connectivity index (χ1n) is 6.29. The van der Waals surface area contributed by atoms with Crippen molar-refractivity contribution in [2.45, 2.75) is 25.8 Å². The molecule has 1 aromatic carbocycles. The zero-order chi connectivity index (χ0) is 14.7. The van der Waals surface area contributed by atoms with Crippen molar-refractivity contribution in [3.8, 4) is 12.3 Å². The van der Waals surface area contributed by atoms with Crippen molar-refractivity contribution < 1.29 is 9.18 Å². The topological polar surface area (TPSA) is 55.1 Å². The number of halogens is 1. The van der Waals surface area contributed by atoms with Crippen LogP contribution in [0.4, 0.5) is 10.1 Å². The molecule has 1 aromatic heterocycles. The molecule has 0 saturated heterocycles. The van der Waals surface area contributed by atoms with Crippen LogP contribution >= 0.6 is 11.3 Å². The minimum absolute atomic E-state index is 0.0954. The fourth-order valence-corrected chi connectivity index (χ4v) is 3.03. The number of nitrogens with one attached hydrogen (secondary N) is 1. The van der Waals surface area contributed by atoms with Gasteiger partial charge < -0.3 is 11.1 Å². The van der Waals surface area contributed by atoms with Crippen molar-refractivity contribution in [2.24, 2.45) is 0 Å². The molecule has 0 fully saturated rings. The summed E-state index contributed by atoms with van der Waals surface area (Å²) in [7, 11) is 0. The molecule has 104 valence electrons. The second-order valence-corrected chi connectivity index (χ2v) is 5.50. The molecular formula is C15H15FN2OS. The van der Waals surface area contributed by atoms with Crippen LogP contribution in [0.3, 0.4) is 0 Å². The van der Waals surface area contributed by atoms with Crippen molar-refractivity contribution in [2.75, 3.05) is 5.73 Å². The van der Waals surface area contributed by atoms with Gasteiger partial charge >= 0.3 is 0 Å². The molecule has 3 N–H and O–H groups in total. The molecule has 1 unspecified atom stereocenters. The Morgan fingerprint density at radius 2 is 2.35 bits per heavy atom. The maximum absolute atomic E-state index is 13.7. The number of carbonyl (C=O) groups is 1. The molecule has 0 aliphatic carbocycles. The first-order valence-corrected chi connectivity index (χ1v) is 7.11. The predicted octanol–water partition coefficient (Wildman–Crippen LogP) is 3.15. The van der Waals surface area contributed by atoms with E-state index in [-0.39, 0.29) is 17.6 Å². The average molecular weight is 290 g/mol. The number of benzene rings is 1. The summed E-state index contributed by atoms with van der Waals surface area (Å²) in [5.41, 5.74) is 6.09. The lowest BCUT2D eigenvalue weighted by Gasteiger charge is -2.13. The normalized spacial score (nSPS) is 12.1. The summed E-state index contributed by atoms with van der Waals surface area (Å²) in [5.74, 6) is 1.81. The number of thiophene rings is 1. The summed E-state index contributed by atoms with van der Waals surface area (Å²) < 4.78 is 14.4. The molecule has 0 radical (unpaired) electrons. The SMILES string of the molecule is C#CCC(CC)NC(=O)c1sc2cccc(F)c2c1N. The molecule has 2 aromatic rings. The monoisotopic (exact) mass is 290 g/mol. The molecule has 2 rings (SSSR count). The number of nitrogen functional groups attached to an aromatic ring is 1. The van der Waals surface area contributed by atoms with E-state index in [1.54, 1.807) is 12.1 Å². The number of anilines is 1. The van der Waals surface area contributed by atoms with Gasteiger partial charge in [-0.3, -0.25) is 4.79 Å². The van der Waals surface area contributed by atoms with E-state index in [1.165, 1.54) is 17.4 Å². The van der Waals surface area contributed by atoms with Crippen LogP contribution in [-0.4, -0.2) is 11.9 Å². The number of rotatable bonds is 4. The first kappa shape index (κ1) is 14.4. The van der Waals surface area contributed by atoms with E-state index in [4.69, 9.17) is 12.2 Å². The standard InChI is InChI=1S/C15H15FN2OS/c1-3-6-9(4-2)18-15(19)14-13(17)12-10(16)7-5-8-11(12)20-14/h1,5,7-9H,4,6,17H2,2H3,(H,18,19). The van der Waals surface area contributed by atoms with E-state index in [0.29, 0.717) is 21.4 Å². The third kappa shape index (κ3) is 2.61. The predicted molar refractivity (Wildman–Crippen MR) is 81.2 cm³/mol. The smallest absolute Gasteiger partial charge is 0.263 e. The van der Waals surface area contributed by atoms with Gasteiger partial charge in [0.15, 0.2) is 0 Å². The molecule has 1 atom stereocenters. The van der Waals surface area contributed by atoms with Crippen LogP contribution in [0.2, 0.25) is 0 Å². The Labute approximate surface area is 121 Å². The number of fused-ring (bicyclic) bond motifs is 1. The van der Waals surface area contributed by atoms with Gasteiger partial charge in [0.1, 0.15) is 10.7 Å². The minimum atomic E-state index is -0.411. The van der Waals surface area contributed by atoms with Gasteiger partial charge in [-0.05, 0) is 18.6 Å². The summed E-state index contributed by atoms with van der Waals surface area (Å²) in [6.07, 6.45) is 6.45. The highest BCUT2D eigenvalue weighted by Gasteiger charge is 2.20. The van der Waals surface area contributed by atoms with Gasteiger partial charge in [0.2, 0.25) is 0 Å². The second-order valence-electron chi connectivity index (χ2n) is 4.44. The Balaban J connectivity index is 2.34. The second kappa shape index (κ2) is 5.93. The van der Waals surface area contributed by atoms with E-state index in [1.807, 2.05) is 6.92 Å². The van der Waals surface area contributed by atoms with Gasteiger partial charge in [-0.15, -0.1) is 23.7 Å². The fraction of sp³-hybridized carbons (Fsp3) is 0.267. The van der Waals surface area contributed by atoms with Crippen LogP contribution in [0.25, 0.3) is 10.1 Å². The maximum Gasteiger partial charge on any atom is 0.263 e. The van der Waals surface area contributed by atoms with E-state index < -0.39 is 5.82 Å². The molecule has 1 amide bonds. The highest BCUT2D eigenvalue weighted by molar-refractivity contribution is 7.21. The van der Waals surface area contributed by atoms with Crippen molar-refractivity contribution >= 4 is 33.0 Å². The zero-order valence-electron chi connectivity index (χ0n) is 11.1. The molecule has 0 bridgehead atoms. The van der Waals surface area contributed by atoms with Gasteiger partial charge in [-0.1, -0.05) is 13.0 Å². The minimum Gasteiger partial charge on any atom is -0.397 e. The van der Waals surface area contributed by atoms with E-state index in [0.717, 1.165) is 6.42 Å². The number of carbonyl (C=O) groups excluding carboxylic acids is 1. The lowest BCUT2D eigenvalue weighted by Crippen LogP contribution is -2.33. The van der Waals surface area contributed by atoms with Gasteiger partial charge in [0.25, 0.3) is 5.91 Å². The molecular weight excluding hydrogens is 275 g/mol. The van der Waals surface area contributed by atoms with Crippen molar-refractivity contribution in [3.05, 3.63) is 28.9 Å². The molecule has 0 spiro atoms. The third-order valence-electron chi connectivity index (χ3n) is 3.10. The summed E-state index contributed by atoms with van der Waals surface area (Å²) in [6, 6.07) is 4.58. The fourth-order valence-electron chi connectivity index (χ4n) is 1.99. The number of amides is 1. The highest BCUT2D eigenvalue weighted by atomic mass is 32.1. The van der Waals surface area contributed by atoms with Gasteiger partial charge in [-0.2, -0.15) is 0 Å². The van der Waals surface area contributed by atoms with E-state index in [2.05, 4.69) is 11.2 Å². The van der Waals surface area contributed by atoms with Crippen molar-refractivity contribution in [1.82, 2.24) is 5.32 Å². The number of hydrogen-bond acceptors (Lipinski definition) is 3. The van der Waals surface area contributed by atoms with Crippen LogP contribution < -0.4 is 11.1 Å². The molecule has 0 saturated carbocycles. The quantitative estimate of drug-likeness (QED) is 0.850. The Kier molecular flexibility index (Phi) is 4.26. The van der Waals surface area contributed by atoms with Crippen LogP contribution in [0.1, 0.15) is 29.4 Å². The van der Waals surface area contributed by atoms with Crippen LogP contribution in [0.5, 0.6) is 0 Å². The summed E-state index contributed by atoms with van der Waals surface area (Å²) >= 11 is 1.19. The average Bonchev–Trinajstić information content (AvgIpc) is 2.77. The van der Waals surface area contributed by atoms with Crippen molar-refractivity contribution in [1.29, 1.82) is 0 Å². The lowest BCUT2D eigenvalue weighted by molar-refractivity contribution is 0.0941. The zero-order valence-corrected chi connectivity index (χ0v) is 11.9. The molecule has 3 nitrogen and oxygen atoms in total. The van der Waals surface area contributed by atoms with Gasteiger partial charge in [0, 0.05) is 17.2 Å². The van der Waals surface area contributed by atoms with Crippen LogP contribution in [-0.2, 0) is 0 Å². The largest absolute Gasteiger partial charge is 0.397 e. The lowest BCUT2D eigenvalue weighted by atomic mass is 10.1. The van der Waals surface area contributed by atoms with Crippen LogP contribution in [0, 0.1) is 18.2 Å². The maximum atomic E-state index is 13.7. The summed E-state index contributed by atoms with van der Waals surface area (Å²) in [6.45, 7) is 1.94. The summed E-state index contributed by atoms with van der Waals surface area (Å²) in [4.78, 5) is 12.6. The molecule has 0 aliphatic heterocycles. The van der Waals surface area contributed by atoms with Gasteiger partial charge in [-0.25, -0.2) is 4.39 Å². The number of nitrogens with two attached hydrogens (primary N) is 1. The third-order valence-corrected chi connectivity index (χ3v) is 4.27. The van der Waals surface area contributed by atoms with E-state index >= 15 is 0 Å². The highest BCUT2D eigenvalue weighted by Crippen LogP contribution is 2.35. The Morgan fingerprint density at radius 3 is 2.95 bits per heavy atom. The molecule has 1 heterocycles. The summed E-state index contributed by atoms with van der Waals surface area (Å²) in [5, 5.41) is 3.14. The van der Waals surface area contributed by atoms with Crippen LogP contribution in [0.15, 0.2) is 18.2 Å². The van der Waals surface area contributed by atoms with E-state index in [9.17, 15) is 9.18 Å².